The van der Waals surface area contributed by atoms with Crippen LogP contribution in [0.2, 0.25) is 0 Å². The minimum Gasteiger partial charge on any atom is -0.385 e. The zero-order chi connectivity index (χ0) is 14.8. The Bertz CT molecular complexity index is 379. The van der Waals surface area contributed by atoms with Gasteiger partial charge in [-0.2, -0.15) is 0 Å². The highest BCUT2D eigenvalue weighted by Crippen LogP contribution is 2.25. The van der Waals surface area contributed by atoms with Crippen LogP contribution in [0.15, 0.2) is 30.3 Å². The fourth-order valence-corrected chi connectivity index (χ4v) is 2.23. The first-order valence-electron chi connectivity index (χ1n) is 6.94. The van der Waals surface area contributed by atoms with Gasteiger partial charge in [0.2, 0.25) is 0 Å². The molecule has 1 N–H and O–H groups in total. The van der Waals surface area contributed by atoms with Crippen molar-refractivity contribution in [3.8, 4) is 0 Å². The van der Waals surface area contributed by atoms with Gasteiger partial charge < -0.3 is 14.6 Å². The number of aliphatic hydroxyl groups is 1. The second-order valence-electron chi connectivity index (χ2n) is 4.92. The predicted molar refractivity (Wildman–Crippen MR) is 77.9 cm³/mol. The molecule has 0 spiro atoms. The Labute approximate surface area is 120 Å². The van der Waals surface area contributed by atoms with Gasteiger partial charge in [0, 0.05) is 33.0 Å². The predicted octanol–water partition coefficient (Wildman–Crippen LogP) is 2.45. The van der Waals surface area contributed by atoms with Crippen LogP contribution in [0.1, 0.15) is 36.0 Å². The van der Waals surface area contributed by atoms with Crippen molar-refractivity contribution in [3.63, 3.8) is 0 Å². The molecule has 0 fully saturated rings. The molecule has 0 aliphatic carbocycles. The molecule has 0 aromatic heterocycles. The van der Waals surface area contributed by atoms with Crippen LogP contribution in [0.5, 0.6) is 0 Å². The van der Waals surface area contributed by atoms with Crippen LogP contribution in [0, 0.1) is 0 Å². The smallest absolute Gasteiger partial charge is 0.194 e. The van der Waals surface area contributed by atoms with Gasteiger partial charge in [0.25, 0.3) is 0 Å². The number of carbonyl (C=O) groups excluding carboxylic acids is 1. The summed E-state index contributed by atoms with van der Waals surface area (Å²) in [6, 6.07) is 8.93. The number of ether oxygens (including phenoxy) is 2. The van der Waals surface area contributed by atoms with E-state index in [4.69, 9.17) is 9.47 Å². The zero-order valence-electron chi connectivity index (χ0n) is 12.3. The Hall–Kier alpha value is -1.23. The second-order valence-corrected chi connectivity index (χ2v) is 4.92. The Morgan fingerprint density at radius 1 is 1.05 bits per heavy atom. The van der Waals surface area contributed by atoms with Crippen LogP contribution < -0.4 is 0 Å². The fourth-order valence-electron chi connectivity index (χ4n) is 2.23. The number of ketones is 1. The molecular formula is C16H24O4. The normalized spacial score (nSPS) is 11.6. The highest BCUT2D eigenvalue weighted by molar-refractivity contribution is 6.02. The quantitative estimate of drug-likeness (QED) is 0.528. The van der Waals surface area contributed by atoms with E-state index in [-0.39, 0.29) is 5.78 Å². The van der Waals surface area contributed by atoms with E-state index in [0.29, 0.717) is 44.5 Å². The molecule has 20 heavy (non-hydrogen) atoms. The van der Waals surface area contributed by atoms with Gasteiger partial charge in [0.15, 0.2) is 5.78 Å². The highest BCUT2D eigenvalue weighted by Gasteiger charge is 2.35. The topological polar surface area (TPSA) is 55.8 Å². The fraction of sp³-hybridized carbons (Fsp3) is 0.562. The Morgan fingerprint density at radius 3 is 2.00 bits per heavy atom. The van der Waals surface area contributed by atoms with Crippen LogP contribution in [0.3, 0.4) is 0 Å². The van der Waals surface area contributed by atoms with Crippen LogP contribution in [0.4, 0.5) is 0 Å². The molecule has 112 valence electrons. The summed E-state index contributed by atoms with van der Waals surface area (Å²) in [5.41, 5.74) is -0.789. The Balaban J connectivity index is 2.76. The number of Topliss-reactive ketones (excluding diaryl/α,β-unsaturated/α-hetero) is 1. The average molecular weight is 280 g/mol. The highest BCUT2D eigenvalue weighted by atomic mass is 16.5. The van der Waals surface area contributed by atoms with Crippen LogP contribution in [0.25, 0.3) is 0 Å². The van der Waals surface area contributed by atoms with Crippen LogP contribution in [-0.2, 0) is 9.47 Å². The molecule has 0 saturated heterocycles. The lowest BCUT2D eigenvalue weighted by molar-refractivity contribution is 0.0132. The summed E-state index contributed by atoms with van der Waals surface area (Å²) in [6.45, 7) is 1.07. The number of carbonyl (C=O) groups is 1. The summed E-state index contributed by atoms with van der Waals surface area (Å²) in [7, 11) is 3.23. The first kappa shape index (κ1) is 16.8. The molecule has 0 amide bonds. The molecule has 0 saturated carbocycles. The molecular weight excluding hydrogens is 256 g/mol. The number of benzene rings is 1. The largest absolute Gasteiger partial charge is 0.385 e. The first-order valence-corrected chi connectivity index (χ1v) is 6.94. The van der Waals surface area contributed by atoms with Crippen molar-refractivity contribution in [1.82, 2.24) is 0 Å². The lowest BCUT2D eigenvalue weighted by atomic mass is 9.84. The summed E-state index contributed by atoms with van der Waals surface area (Å²) in [4.78, 5) is 12.5. The van der Waals surface area contributed by atoms with Gasteiger partial charge >= 0.3 is 0 Å². The van der Waals surface area contributed by atoms with E-state index in [9.17, 15) is 9.90 Å². The molecule has 1 rings (SSSR count). The van der Waals surface area contributed by atoms with E-state index >= 15 is 0 Å². The van der Waals surface area contributed by atoms with Crippen molar-refractivity contribution in [2.24, 2.45) is 0 Å². The second kappa shape index (κ2) is 8.84. The standard InChI is InChI=1S/C16H24O4/c1-19-12-6-10-16(18,11-7-13-20-2)15(17)14-8-4-3-5-9-14/h3-5,8-9,18H,6-7,10-13H2,1-2H3. The summed E-state index contributed by atoms with van der Waals surface area (Å²) in [5.74, 6) is -0.217. The maximum Gasteiger partial charge on any atom is 0.194 e. The molecule has 0 atom stereocenters. The van der Waals surface area contributed by atoms with Gasteiger partial charge in [-0.25, -0.2) is 0 Å². The van der Waals surface area contributed by atoms with Crippen molar-refractivity contribution in [2.45, 2.75) is 31.3 Å². The van der Waals surface area contributed by atoms with Gasteiger partial charge in [0.1, 0.15) is 5.60 Å². The van der Waals surface area contributed by atoms with Crippen molar-refractivity contribution in [2.75, 3.05) is 27.4 Å². The third-order valence-electron chi connectivity index (χ3n) is 3.34. The molecule has 4 heteroatoms. The summed E-state index contributed by atoms with van der Waals surface area (Å²) >= 11 is 0. The van der Waals surface area contributed by atoms with Gasteiger partial charge in [-0.15, -0.1) is 0 Å². The van der Waals surface area contributed by atoms with E-state index < -0.39 is 5.60 Å². The molecule has 4 nitrogen and oxygen atoms in total. The van der Waals surface area contributed by atoms with E-state index in [0.717, 1.165) is 0 Å². The number of hydrogen-bond acceptors (Lipinski definition) is 4. The SMILES string of the molecule is COCCCC(O)(CCCOC)C(=O)c1ccccc1. The van der Waals surface area contributed by atoms with Crippen molar-refractivity contribution in [3.05, 3.63) is 35.9 Å². The molecule has 0 bridgehead atoms. The molecule has 0 unspecified atom stereocenters. The summed E-state index contributed by atoms with van der Waals surface area (Å²) in [6.07, 6.45) is 2.10. The van der Waals surface area contributed by atoms with Crippen LogP contribution >= 0.6 is 0 Å². The number of rotatable bonds is 10. The monoisotopic (exact) mass is 280 g/mol. The maximum absolute atomic E-state index is 12.5. The third-order valence-corrected chi connectivity index (χ3v) is 3.34. The van der Waals surface area contributed by atoms with Crippen LogP contribution in [-0.4, -0.2) is 43.9 Å². The van der Waals surface area contributed by atoms with Crippen molar-refractivity contribution >= 4 is 5.78 Å². The molecule has 1 aromatic carbocycles. The first-order chi connectivity index (χ1) is 9.64. The van der Waals surface area contributed by atoms with E-state index in [2.05, 4.69) is 0 Å². The van der Waals surface area contributed by atoms with Crippen molar-refractivity contribution in [1.29, 1.82) is 0 Å². The molecule has 0 aliphatic heterocycles. The minimum absolute atomic E-state index is 0.217. The van der Waals surface area contributed by atoms with Gasteiger partial charge in [-0.1, -0.05) is 30.3 Å². The average Bonchev–Trinajstić information content (AvgIpc) is 2.48. The van der Waals surface area contributed by atoms with Gasteiger partial charge in [-0.05, 0) is 25.7 Å². The summed E-state index contributed by atoms with van der Waals surface area (Å²) < 4.78 is 10.0. The molecule has 0 radical (unpaired) electrons. The Kier molecular flexibility index (Phi) is 7.44. The zero-order valence-corrected chi connectivity index (χ0v) is 12.3. The number of hydrogen-bond donors (Lipinski definition) is 1. The van der Waals surface area contributed by atoms with Crippen molar-refractivity contribution < 1.29 is 19.4 Å². The van der Waals surface area contributed by atoms with E-state index in [1.165, 1.54) is 0 Å². The summed E-state index contributed by atoms with van der Waals surface area (Å²) in [5, 5.41) is 10.7. The van der Waals surface area contributed by atoms with E-state index in [1.807, 2.05) is 6.07 Å². The number of methoxy groups -OCH3 is 2. The Morgan fingerprint density at radius 2 is 1.55 bits per heavy atom. The minimum atomic E-state index is -1.33. The van der Waals surface area contributed by atoms with Gasteiger partial charge in [-0.3, -0.25) is 4.79 Å². The maximum atomic E-state index is 12.5. The van der Waals surface area contributed by atoms with E-state index in [1.54, 1.807) is 38.5 Å². The molecule has 0 heterocycles. The molecule has 1 aromatic rings. The molecule has 0 aliphatic rings. The lowest BCUT2D eigenvalue weighted by Gasteiger charge is -2.27. The third kappa shape index (κ3) is 5.04. The lowest BCUT2D eigenvalue weighted by Crippen LogP contribution is -2.39. The van der Waals surface area contributed by atoms with Gasteiger partial charge in [0.05, 0.1) is 0 Å².